The van der Waals surface area contributed by atoms with Gasteiger partial charge in [0.15, 0.2) is 0 Å². The molecule has 0 aliphatic carbocycles. The summed E-state index contributed by atoms with van der Waals surface area (Å²) in [6, 6.07) is 6.29. The van der Waals surface area contributed by atoms with Gasteiger partial charge in [-0.1, -0.05) is 19.9 Å². The summed E-state index contributed by atoms with van der Waals surface area (Å²) in [4.78, 5) is 0. The quantitative estimate of drug-likeness (QED) is 0.882. The average molecular weight is 259 g/mol. The van der Waals surface area contributed by atoms with Gasteiger partial charge in [0.25, 0.3) is 0 Å². The highest BCUT2D eigenvalue weighted by Gasteiger charge is 2.16. The summed E-state index contributed by atoms with van der Waals surface area (Å²) in [5.41, 5.74) is 5.19. The summed E-state index contributed by atoms with van der Waals surface area (Å²) >= 11 is 0. The SMILES string of the molecule is CNc1c(-c2ccc(C(C)C)cc2OC)n[nH]c1C. The Bertz CT molecular complexity index is 573. The molecule has 2 aromatic rings. The Morgan fingerprint density at radius 2 is 2.05 bits per heavy atom. The molecule has 0 fully saturated rings. The van der Waals surface area contributed by atoms with Crippen LogP contribution in [0, 0.1) is 6.92 Å². The molecule has 0 bridgehead atoms. The first kappa shape index (κ1) is 13.5. The van der Waals surface area contributed by atoms with Crippen LogP contribution in [0.5, 0.6) is 5.75 Å². The number of aromatic nitrogens is 2. The predicted molar refractivity (Wildman–Crippen MR) is 78.9 cm³/mol. The topological polar surface area (TPSA) is 49.9 Å². The minimum Gasteiger partial charge on any atom is -0.496 e. The molecular formula is C15H21N3O. The fourth-order valence-electron chi connectivity index (χ4n) is 2.19. The van der Waals surface area contributed by atoms with E-state index in [-0.39, 0.29) is 0 Å². The lowest BCUT2D eigenvalue weighted by Gasteiger charge is -2.12. The molecule has 0 saturated carbocycles. The highest BCUT2D eigenvalue weighted by Crippen LogP contribution is 2.36. The Morgan fingerprint density at radius 3 is 2.63 bits per heavy atom. The van der Waals surface area contributed by atoms with Crippen LogP contribution in [0.2, 0.25) is 0 Å². The zero-order valence-electron chi connectivity index (χ0n) is 12.2. The Kier molecular flexibility index (Phi) is 3.79. The molecule has 19 heavy (non-hydrogen) atoms. The number of aromatic amines is 1. The number of ether oxygens (including phenoxy) is 1. The van der Waals surface area contributed by atoms with Crippen molar-refractivity contribution in [3.8, 4) is 17.0 Å². The molecule has 0 aliphatic rings. The van der Waals surface area contributed by atoms with Gasteiger partial charge in [-0.2, -0.15) is 5.10 Å². The minimum absolute atomic E-state index is 0.479. The van der Waals surface area contributed by atoms with Crippen LogP contribution < -0.4 is 10.1 Å². The first-order valence-electron chi connectivity index (χ1n) is 6.49. The third-order valence-electron chi connectivity index (χ3n) is 3.34. The van der Waals surface area contributed by atoms with E-state index in [9.17, 15) is 0 Å². The van der Waals surface area contributed by atoms with Crippen molar-refractivity contribution in [2.75, 3.05) is 19.5 Å². The summed E-state index contributed by atoms with van der Waals surface area (Å²) in [7, 11) is 3.60. The molecule has 0 unspecified atom stereocenters. The van der Waals surface area contributed by atoms with Crippen molar-refractivity contribution >= 4 is 5.69 Å². The summed E-state index contributed by atoms with van der Waals surface area (Å²) in [6.07, 6.45) is 0. The number of benzene rings is 1. The molecule has 2 N–H and O–H groups in total. The van der Waals surface area contributed by atoms with E-state index < -0.39 is 0 Å². The van der Waals surface area contributed by atoms with Crippen LogP contribution in [-0.4, -0.2) is 24.4 Å². The van der Waals surface area contributed by atoms with Crippen LogP contribution in [0.25, 0.3) is 11.3 Å². The van der Waals surface area contributed by atoms with E-state index in [0.717, 1.165) is 28.4 Å². The van der Waals surface area contributed by atoms with Crippen LogP contribution in [0.1, 0.15) is 31.0 Å². The second-order valence-corrected chi connectivity index (χ2v) is 4.94. The maximum atomic E-state index is 5.52. The third kappa shape index (κ3) is 2.43. The Hall–Kier alpha value is -1.97. The molecule has 0 amide bonds. The van der Waals surface area contributed by atoms with Gasteiger partial charge >= 0.3 is 0 Å². The third-order valence-corrected chi connectivity index (χ3v) is 3.34. The summed E-state index contributed by atoms with van der Waals surface area (Å²) < 4.78 is 5.52. The molecule has 2 rings (SSSR count). The Labute approximate surface area is 114 Å². The highest BCUT2D eigenvalue weighted by molar-refractivity contribution is 5.80. The Balaban J connectivity index is 2.55. The van der Waals surface area contributed by atoms with Crippen LogP contribution in [-0.2, 0) is 0 Å². The number of H-pyrrole nitrogens is 1. The molecule has 0 radical (unpaired) electrons. The van der Waals surface area contributed by atoms with Crippen molar-refractivity contribution < 1.29 is 4.74 Å². The standard InChI is InChI=1S/C15H21N3O/c1-9(2)11-6-7-12(13(8-11)19-5)15-14(16-4)10(3)17-18-15/h6-9,16H,1-5H3,(H,17,18). The van der Waals surface area contributed by atoms with Crippen LogP contribution in [0.15, 0.2) is 18.2 Å². The smallest absolute Gasteiger partial charge is 0.128 e. The van der Waals surface area contributed by atoms with E-state index in [4.69, 9.17) is 4.74 Å². The van der Waals surface area contributed by atoms with E-state index >= 15 is 0 Å². The second-order valence-electron chi connectivity index (χ2n) is 4.94. The lowest BCUT2D eigenvalue weighted by Crippen LogP contribution is -1.96. The van der Waals surface area contributed by atoms with Crippen molar-refractivity contribution in [1.82, 2.24) is 10.2 Å². The molecule has 0 atom stereocenters. The van der Waals surface area contributed by atoms with E-state index in [1.54, 1.807) is 7.11 Å². The van der Waals surface area contributed by atoms with Gasteiger partial charge in [-0.25, -0.2) is 0 Å². The summed E-state index contributed by atoms with van der Waals surface area (Å²) in [6.45, 7) is 6.34. The lowest BCUT2D eigenvalue weighted by molar-refractivity contribution is 0.415. The normalized spacial score (nSPS) is 10.8. The van der Waals surface area contributed by atoms with Crippen molar-refractivity contribution in [1.29, 1.82) is 0 Å². The Morgan fingerprint density at radius 1 is 1.32 bits per heavy atom. The molecular weight excluding hydrogens is 238 g/mol. The van der Waals surface area contributed by atoms with E-state index in [1.807, 2.05) is 14.0 Å². The number of rotatable bonds is 4. The maximum absolute atomic E-state index is 5.52. The molecule has 4 heteroatoms. The maximum Gasteiger partial charge on any atom is 0.128 e. The van der Waals surface area contributed by atoms with Crippen molar-refractivity contribution in [2.45, 2.75) is 26.7 Å². The first-order chi connectivity index (χ1) is 9.08. The van der Waals surface area contributed by atoms with Gasteiger partial charge in [-0.3, -0.25) is 5.10 Å². The molecule has 1 aromatic heterocycles. The fraction of sp³-hybridized carbons (Fsp3) is 0.400. The van der Waals surface area contributed by atoms with Crippen LogP contribution in [0.3, 0.4) is 0 Å². The number of nitrogens with one attached hydrogen (secondary N) is 2. The molecule has 0 saturated heterocycles. The summed E-state index contributed by atoms with van der Waals surface area (Å²) in [5.74, 6) is 1.34. The zero-order chi connectivity index (χ0) is 14.0. The highest BCUT2D eigenvalue weighted by atomic mass is 16.5. The van der Waals surface area contributed by atoms with E-state index in [1.165, 1.54) is 5.56 Å². The molecule has 0 spiro atoms. The van der Waals surface area contributed by atoms with Gasteiger partial charge in [0, 0.05) is 12.6 Å². The monoisotopic (exact) mass is 259 g/mol. The van der Waals surface area contributed by atoms with Gasteiger partial charge in [-0.15, -0.1) is 0 Å². The predicted octanol–water partition coefficient (Wildman–Crippen LogP) is 3.56. The molecule has 102 valence electrons. The van der Waals surface area contributed by atoms with Gasteiger partial charge < -0.3 is 10.1 Å². The number of anilines is 1. The fourth-order valence-corrected chi connectivity index (χ4v) is 2.19. The number of hydrogen-bond donors (Lipinski definition) is 2. The van der Waals surface area contributed by atoms with Crippen LogP contribution >= 0.6 is 0 Å². The molecule has 4 nitrogen and oxygen atoms in total. The number of hydrogen-bond acceptors (Lipinski definition) is 3. The van der Waals surface area contributed by atoms with E-state index in [0.29, 0.717) is 5.92 Å². The van der Waals surface area contributed by atoms with Gasteiger partial charge in [-0.05, 0) is 30.5 Å². The molecule has 1 aromatic carbocycles. The second kappa shape index (κ2) is 5.34. The lowest BCUT2D eigenvalue weighted by atomic mass is 9.99. The first-order valence-corrected chi connectivity index (χ1v) is 6.49. The number of aryl methyl sites for hydroxylation is 1. The van der Waals surface area contributed by atoms with Crippen molar-refractivity contribution in [3.63, 3.8) is 0 Å². The van der Waals surface area contributed by atoms with Gasteiger partial charge in [0.2, 0.25) is 0 Å². The van der Waals surface area contributed by atoms with Crippen LogP contribution in [0.4, 0.5) is 5.69 Å². The van der Waals surface area contributed by atoms with Gasteiger partial charge in [0.1, 0.15) is 11.4 Å². The molecule has 1 heterocycles. The van der Waals surface area contributed by atoms with Gasteiger partial charge in [0.05, 0.1) is 18.5 Å². The van der Waals surface area contributed by atoms with Crippen molar-refractivity contribution in [2.24, 2.45) is 0 Å². The number of nitrogens with zero attached hydrogens (tertiary/aromatic N) is 1. The van der Waals surface area contributed by atoms with Crippen molar-refractivity contribution in [3.05, 3.63) is 29.5 Å². The largest absolute Gasteiger partial charge is 0.496 e. The van der Waals surface area contributed by atoms with E-state index in [2.05, 4.69) is 47.6 Å². The number of methoxy groups -OCH3 is 1. The zero-order valence-corrected chi connectivity index (χ0v) is 12.2. The minimum atomic E-state index is 0.479. The molecule has 0 aliphatic heterocycles. The average Bonchev–Trinajstić information content (AvgIpc) is 2.78. The summed E-state index contributed by atoms with van der Waals surface area (Å²) in [5, 5.41) is 10.6.